The molecule has 0 spiro atoms. The van der Waals surface area contributed by atoms with E-state index in [2.05, 4.69) is 56.5 Å². The standard InChI is InChI=1S/C25H35N3O3S2/c1-9-28(10-2)23(29)21-16(7)19(24(30)31-8)22(33-21)27-25(32)26-20-17(14(3)4)12-11-13-18(20)15(5)6/h11-15H,9-10H2,1-8H3,(H2,26,27,32). The molecule has 0 fully saturated rings. The fourth-order valence-corrected chi connectivity index (χ4v) is 5.19. The van der Waals surface area contributed by atoms with Crippen LogP contribution in [0, 0.1) is 6.92 Å². The molecule has 0 aliphatic carbocycles. The summed E-state index contributed by atoms with van der Waals surface area (Å²) in [6, 6.07) is 6.25. The number of esters is 1. The molecular weight excluding hydrogens is 454 g/mol. The molecule has 1 aromatic heterocycles. The van der Waals surface area contributed by atoms with Gasteiger partial charge in [0.05, 0.1) is 17.6 Å². The van der Waals surface area contributed by atoms with Crippen LogP contribution in [0.15, 0.2) is 18.2 Å². The molecule has 8 heteroatoms. The van der Waals surface area contributed by atoms with Gasteiger partial charge in [-0.05, 0) is 61.5 Å². The lowest BCUT2D eigenvalue weighted by atomic mass is 9.93. The quantitative estimate of drug-likeness (QED) is 0.331. The molecule has 0 saturated carbocycles. The van der Waals surface area contributed by atoms with E-state index in [1.807, 2.05) is 13.8 Å². The van der Waals surface area contributed by atoms with Crippen LogP contribution in [0.5, 0.6) is 0 Å². The lowest BCUT2D eigenvalue weighted by molar-refractivity contribution is 0.0601. The van der Waals surface area contributed by atoms with Crippen LogP contribution in [0.3, 0.4) is 0 Å². The summed E-state index contributed by atoms with van der Waals surface area (Å²) in [7, 11) is 1.33. The smallest absolute Gasteiger partial charge is 0.341 e. The first-order valence-electron chi connectivity index (χ1n) is 11.3. The van der Waals surface area contributed by atoms with E-state index in [1.54, 1.807) is 11.8 Å². The molecule has 1 aromatic carbocycles. The van der Waals surface area contributed by atoms with E-state index in [0.29, 0.717) is 51.0 Å². The molecular formula is C25H35N3O3S2. The summed E-state index contributed by atoms with van der Waals surface area (Å²) in [6.45, 7) is 15.4. The Balaban J connectivity index is 2.45. The fraction of sp³-hybridized carbons (Fsp3) is 0.480. The molecule has 0 aliphatic rings. The van der Waals surface area contributed by atoms with Crippen LogP contribution in [0.1, 0.15) is 90.1 Å². The van der Waals surface area contributed by atoms with Crippen molar-refractivity contribution >= 4 is 51.2 Å². The van der Waals surface area contributed by atoms with Crippen molar-refractivity contribution in [3.63, 3.8) is 0 Å². The summed E-state index contributed by atoms with van der Waals surface area (Å²) >= 11 is 6.87. The van der Waals surface area contributed by atoms with Crippen LogP contribution in [-0.2, 0) is 4.74 Å². The van der Waals surface area contributed by atoms with Crippen molar-refractivity contribution in [2.75, 3.05) is 30.8 Å². The topological polar surface area (TPSA) is 70.7 Å². The minimum Gasteiger partial charge on any atom is -0.465 e. The van der Waals surface area contributed by atoms with Gasteiger partial charge in [0.2, 0.25) is 0 Å². The highest BCUT2D eigenvalue weighted by atomic mass is 32.1. The molecule has 2 N–H and O–H groups in total. The second-order valence-electron chi connectivity index (χ2n) is 8.43. The number of nitrogens with one attached hydrogen (secondary N) is 2. The predicted molar refractivity (Wildman–Crippen MR) is 142 cm³/mol. The number of rotatable bonds is 8. The Hall–Kier alpha value is -2.45. The average Bonchev–Trinajstić information content (AvgIpc) is 3.09. The van der Waals surface area contributed by atoms with E-state index < -0.39 is 5.97 Å². The van der Waals surface area contributed by atoms with Gasteiger partial charge in [-0.1, -0.05) is 45.9 Å². The van der Waals surface area contributed by atoms with Crippen molar-refractivity contribution in [3.05, 3.63) is 45.3 Å². The first-order chi connectivity index (χ1) is 15.6. The number of methoxy groups -OCH3 is 1. The van der Waals surface area contributed by atoms with Gasteiger partial charge in [-0.25, -0.2) is 4.79 Å². The van der Waals surface area contributed by atoms with Gasteiger partial charge in [0.1, 0.15) is 5.00 Å². The number of anilines is 2. The maximum Gasteiger partial charge on any atom is 0.341 e. The highest BCUT2D eigenvalue weighted by Gasteiger charge is 2.28. The Morgan fingerprint density at radius 2 is 1.61 bits per heavy atom. The fourth-order valence-electron chi connectivity index (χ4n) is 3.75. The minimum absolute atomic E-state index is 0.105. The van der Waals surface area contributed by atoms with E-state index in [0.717, 1.165) is 5.69 Å². The first kappa shape index (κ1) is 26.8. The van der Waals surface area contributed by atoms with Crippen LogP contribution < -0.4 is 10.6 Å². The molecule has 2 aromatic rings. The molecule has 0 saturated heterocycles. The lowest BCUT2D eigenvalue weighted by Crippen LogP contribution is -2.30. The molecule has 0 atom stereocenters. The van der Waals surface area contributed by atoms with Crippen molar-refractivity contribution in [1.29, 1.82) is 0 Å². The molecule has 6 nitrogen and oxygen atoms in total. The zero-order valence-electron chi connectivity index (χ0n) is 20.8. The molecule has 1 heterocycles. The van der Waals surface area contributed by atoms with Crippen LogP contribution in [-0.4, -0.2) is 42.1 Å². The Labute approximate surface area is 206 Å². The summed E-state index contributed by atoms with van der Waals surface area (Å²) in [5.41, 5.74) is 4.24. The molecule has 33 heavy (non-hydrogen) atoms. The zero-order chi connectivity index (χ0) is 24.9. The van der Waals surface area contributed by atoms with E-state index in [9.17, 15) is 9.59 Å². The number of carbonyl (C=O) groups is 2. The number of ether oxygens (including phenoxy) is 1. The number of thiophene rings is 1. The van der Waals surface area contributed by atoms with E-state index in [4.69, 9.17) is 17.0 Å². The van der Waals surface area contributed by atoms with Gasteiger partial charge in [-0.2, -0.15) is 0 Å². The van der Waals surface area contributed by atoms with Crippen molar-refractivity contribution < 1.29 is 14.3 Å². The summed E-state index contributed by atoms with van der Waals surface area (Å²) in [6.07, 6.45) is 0. The molecule has 0 aliphatic heterocycles. The van der Waals surface area contributed by atoms with Crippen LogP contribution in [0.2, 0.25) is 0 Å². The van der Waals surface area contributed by atoms with E-state index >= 15 is 0 Å². The van der Waals surface area contributed by atoms with Gasteiger partial charge in [0.15, 0.2) is 5.11 Å². The summed E-state index contributed by atoms with van der Waals surface area (Å²) in [5.74, 6) is 0.00809. The Morgan fingerprint density at radius 3 is 2.06 bits per heavy atom. The molecule has 2 rings (SSSR count). The summed E-state index contributed by atoms with van der Waals surface area (Å²) in [5, 5.41) is 7.38. The first-order valence-corrected chi connectivity index (χ1v) is 12.5. The van der Waals surface area contributed by atoms with Crippen molar-refractivity contribution in [1.82, 2.24) is 4.90 Å². The number of thiocarbonyl (C=S) groups is 1. The number of nitrogens with zero attached hydrogens (tertiary/aromatic N) is 1. The van der Waals surface area contributed by atoms with Crippen LogP contribution in [0.4, 0.5) is 10.7 Å². The summed E-state index contributed by atoms with van der Waals surface area (Å²) < 4.78 is 5.00. The highest BCUT2D eigenvalue weighted by Crippen LogP contribution is 2.36. The van der Waals surface area contributed by atoms with Gasteiger partial charge < -0.3 is 20.3 Å². The molecule has 1 amide bonds. The third-order valence-corrected chi connectivity index (χ3v) is 7.02. The normalized spacial score (nSPS) is 11.0. The van der Waals surface area contributed by atoms with Crippen LogP contribution in [0.25, 0.3) is 0 Å². The van der Waals surface area contributed by atoms with Crippen LogP contribution >= 0.6 is 23.6 Å². The number of benzene rings is 1. The third kappa shape index (κ3) is 5.92. The average molecular weight is 490 g/mol. The van der Waals surface area contributed by atoms with Gasteiger partial charge in [0.25, 0.3) is 5.91 Å². The van der Waals surface area contributed by atoms with E-state index in [-0.39, 0.29) is 5.91 Å². The maximum atomic E-state index is 13.0. The SMILES string of the molecule is CCN(CC)C(=O)c1sc(NC(=S)Nc2c(C(C)C)cccc2C(C)C)c(C(=O)OC)c1C. The second kappa shape index (κ2) is 11.6. The monoisotopic (exact) mass is 489 g/mol. The lowest BCUT2D eigenvalue weighted by Gasteiger charge is -2.21. The highest BCUT2D eigenvalue weighted by molar-refractivity contribution is 7.80. The van der Waals surface area contributed by atoms with Crippen molar-refractivity contribution in [2.45, 2.75) is 60.3 Å². The van der Waals surface area contributed by atoms with Gasteiger partial charge >= 0.3 is 5.97 Å². The number of carbonyl (C=O) groups excluding carboxylic acids is 2. The molecule has 0 bridgehead atoms. The number of para-hydroxylation sites is 1. The Kier molecular flexibility index (Phi) is 9.43. The van der Waals surface area contributed by atoms with Gasteiger partial charge in [0, 0.05) is 18.8 Å². The van der Waals surface area contributed by atoms with Crippen molar-refractivity contribution in [3.8, 4) is 0 Å². The Morgan fingerprint density at radius 1 is 1.06 bits per heavy atom. The third-order valence-electron chi connectivity index (χ3n) is 5.62. The Bertz CT molecular complexity index is 998. The van der Waals surface area contributed by atoms with E-state index in [1.165, 1.54) is 29.6 Å². The summed E-state index contributed by atoms with van der Waals surface area (Å²) in [4.78, 5) is 27.9. The number of hydrogen-bond acceptors (Lipinski definition) is 5. The van der Waals surface area contributed by atoms with Crippen molar-refractivity contribution in [2.24, 2.45) is 0 Å². The number of amides is 1. The largest absolute Gasteiger partial charge is 0.465 e. The van der Waals surface area contributed by atoms with Gasteiger partial charge in [-0.15, -0.1) is 11.3 Å². The molecule has 180 valence electrons. The minimum atomic E-state index is -0.502. The molecule has 0 radical (unpaired) electrons. The van der Waals surface area contributed by atoms with Gasteiger partial charge in [-0.3, -0.25) is 4.79 Å². The predicted octanol–water partition coefficient (Wildman–Crippen LogP) is 6.38. The number of hydrogen-bond donors (Lipinski definition) is 2. The maximum absolute atomic E-state index is 13.0. The second-order valence-corrected chi connectivity index (χ2v) is 9.86. The zero-order valence-corrected chi connectivity index (χ0v) is 22.4. The molecule has 0 unspecified atom stereocenters.